The molecule has 0 unspecified atom stereocenters. The van der Waals surface area contributed by atoms with E-state index in [9.17, 15) is 17.6 Å². The first-order chi connectivity index (χ1) is 10.2. The van der Waals surface area contributed by atoms with Crippen LogP contribution in [0.5, 0.6) is 0 Å². The quantitative estimate of drug-likeness (QED) is 0.768. The summed E-state index contributed by atoms with van der Waals surface area (Å²) >= 11 is 0. The van der Waals surface area contributed by atoms with Crippen LogP contribution in [0.25, 0.3) is 0 Å². The van der Waals surface area contributed by atoms with E-state index in [0.717, 1.165) is 6.26 Å². The molecule has 7 heteroatoms. The molecule has 0 heterocycles. The van der Waals surface area contributed by atoms with Crippen LogP contribution in [0.4, 0.5) is 4.39 Å². The molecule has 0 saturated heterocycles. The van der Waals surface area contributed by atoms with Crippen molar-refractivity contribution in [2.75, 3.05) is 25.9 Å². The van der Waals surface area contributed by atoms with Gasteiger partial charge in [-0.2, -0.15) is 0 Å². The smallest absolute Gasteiger partial charge is 0.254 e. The van der Waals surface area contributed by atoms with Gasteiger partial charge in [0, 0.05) is 31.2 Å². The fraction of sp³-hybridized carbons (Fsp3) is 0.533. The van der Waals surface area contributed by atoms with Crippen molar-refractivity contribution in [1.82, 2.24) is 9.21 Å². The normalized spacial score (nSPS) is 12.0. The SMILES string of the molecule is CCN(CCN(C(=O)c1ccc(F)cc1)C(C)C)S(C)(=O)=O. The highest BCUT2D eigenvalue weighted by Gasteiger charge is 2.21. The van der Waals surface area contributed by atoms with Crippen LogP contribution in [0, 0.1) is 5.82 Å². The Balaban J connectivity index is 2.86. The summed E-state index contributed by atoms with van der Waals surface area (Å²) in [6, 6.07) is 5.25. The number of rotatable bonds is 7. The molecule has 0 aliphatic heterocycles. The number of hydrogen-bond acceptors (Lipinski definition) is 3. The van der Waals surface area contributed by atoms with Crippen LogP contribution < -0.4 is 0 Å². The highest BCUT2D eigenvalue weighted by atomic mass is 32.2. The van der Waals surface area contributed by atoms with Crippen molar-refractivity contribution < 1.29 is 17.6 Å². The van der Waals surface area contributed by atoms with Gasteiger partial charge in [-0.1, -0.05) is 6.92 Å². The van der Waals surface area contributed by atoms with E-state index in [2.05, 4.69) is 0 Å². The first-order valence-corrected chi connectivity index (χ1v) is 9.03. The van der Waals surface area contributed by atoms with Gasteiger partial charge in [0.25, 0.3) is 5.91 Å². The standard InChI is InChI=1S/C15H23FN2O3S/c1-5-17(22(4,20)21)10-11-18(12(2)3)15(19)13-6-8-14(16)9-7-13/h6-9,12H,5,10-11H2,1-4H3. The van der Waals surface area contributed by atoms with Gasteiger partial charge in [0.15, 0.2) is 0 Å². The maximum absolute atomic E-state index is 12.9. The number of carbonyl (C=O) groups excluding carboxylic acids is 1. The van der Waals surface area contributed by atoms with Gasteiger partial charge >= 0.3 is 0 Å². The molecule has 0 aliphatic carbocycles. The molecule has 0 fully saturated rings. The van der Waals surface area contributed by atoms with Crippen LogP contribution in [0.1, 0.15) is 31.1 Å². The molecular weight excluding hydrogens is 307 g/mol. The van der Waals surface area contributed by atoms with Crippen molar-refractivity contribution in [3.05, 3.63) is 35.6 Å². The van der Waals surface area contributed by atoms with E-state index in [1.807, 2.05) is 13.8 Å². The molecule has 1 aromatic rings. The molecule has 1 amide bonds. The van der Waals surface area contributed by atoms with Crippen molar-refractivity contribution in [3.63, 3.8) is 0 Å². The first kappa shape index (κ1) is 18.6. The van der Waals surface area contributed by atoms with Gasteiger partial charge in [-0.25, -0.2) is 17.1 Å². The molecule has 0 radical (unpaired) electrons. The van der Waals surface area contributed by atoms with Crippen LogP contribution in [-0.2, 0) is 10.0 Å². The topological polar surface area (TPSA) is 57.7 Å². The number of amides is 1. The molecule has 0 saturated carbocycles. The van der Waals surface area contributed by atoms with Gasteiger partial charge < -0.3 is 4.90 Å². The van der Waals surface area contributed by atoms with Crippen molar-refractivity contribution in [2.24, 2.45) is 0 Å². The van der Waals surface area contributed by atoms with Crippen LogP contribution in [0.3, 0.4) is 0 Å². The Morgan fingerprint density at radius 3 is 2.14 bits per heavy atom. The van der Waals surface area contributed by atoms with Gasteiger partial charge in [0.1, 0.15) is 5.82 Å². The minimum atomic E-state index is -3.29. The first-order valence-electron chi connectivity index (χ1n) is 7.18. The summed E-state index contributed by atoms with van der Waals surface area (Å²) in [7, 11) is -3.29. The van der Waals surface area contributed by atoms with E-state index in [1.54, 1.807) is 11.8 Å². The van der Waals surface area contributed by atoms with E-state index < -0.39 is 15.8 Å². The molecule has 0 N–H and O–H groups in total. The average Bonchev–Trinajstić information content (AvgIpc) is 2.42. The monoisotopic (exact) mass is 330 g/mol. The molecule has 0 bridgehead atoms. The molecule has 0 spiro atoms. The lowest BCUT2D eigenvalue weighted by Gasteiger charge is -2.29. The molecule has 1 rings (SSSR count). The second-order valence-corrected chi connectivity index (χ2v) is 7.34. The highest BCUT2D eigenvalue weighted by molar-refractivity contribution is 7.88. The van der Waals surface area contributed by atoms with E-state index in [0.29, 0.717) is 12.1 Å². The number of nitrogens with zero attached hydrogens (tertiary/aromatic N) is 2. The summed E-state index contributed by atoms with van der Waals surface area (Å²) in [5, 5.41) is 0. The van der Waals surface area contributed by atoms with Crippen molar-refractivity contribution in [1.29, 1.82) is 0 Å². The summed E-state index contributed by atoms with van der Waals surface area (Å²) < 4.78 is 37.5. The predicted octanol–water partition coefficient (Wildman–Crippen LogP) is 1.96. The number of likely N-dealkylation sites (N-methyl/N-ethyl adjacent to an activating group) is 1. The fourth-order valence-corrected chi connectivity index (χ4v) is 3.01. The van der Waals surface area contributed by atoms with Gasteiger partial charge in [-0.3, -0.25) is 4.79 Å². The second-order valence-electron chi connectivity index (χ2n) is 5.35. The second kappa shape index (κ2) is 7.69. The van der Waals surface area contributed by atoms with Crippen LogP contribution in [0.2, 0.25) is 0 Å². The van der Waals surface area contributed by atoms with Gasteiger partial charge in [-0.05, 0) is 38.1 Å². The Bertz CT molecular complexity index is 600. The van der Waals surface area contributed by atoms with Crippen molar-refractivity contribution in [3.8, 4) is 0 Å². The Labute approximate surface area is 131 Å². The molecule has 0 aromatic heterocycles. The molecule has 22 heavy (non-hydrogen) atoms. The lowest BCUT2D eigenvalue weighted by atomic mass is 10.1. The third-order valence-electron chi connectivity index (χ3n) is 3.39. The summed E-state index contributed by atoms with van der Waals surface area (Å²) in [6.45, 7) is 6.35. The highest BCUT2D eigenvalue weighted by Crippen LogP contribution is 2.10. The third kappa shape index (κ3) is 5.06. The summed E-state index contributed by atoms with van der Waals surface area (Å²) in [5.74, 6) is -0.638. The van der Waals surface area contributed by atoms with E-state index in [4.69, 9.17) is 0 Å². The number of halogens is 1. The molecule has 0 atom stereocenters. The lowest BCUT2D eigenvalue weighted by Crippen LogP contribution is -2.43. The Hall–Kier alpha value is -1.47. The van der Waals surface area contributed by atoms with Crippen LogP contribution >= 0.6 is 0 Å². The Kier molecular flexibility index (Phi) is 6.49. The summed E-state index contributed by atoms with van der Waals surface area (Å²) in [5.41, 5.74) is 0.387. The number of carbonyl (C=O) groups is 1. The van der Waals surface area contributed by atoms with E-state index in [-0.39, 0.29) is 25.0 Å². The number of sulfonamides is 1. The zero-order chi connectivity index (χ0) is 16.9. The zero-order valence-electron chi connectivity index (χ0n) is 13.4. The van der Waals surface area contributed by atoms with Crippen molar-refractivity contribution >= 4 is 15.9 Å². The van der Waals surface area contributed by atoms with Gasteiger partial charge in [0.2, 0.25) is 10.0 Å². The zero-order valence-corrected chi connectivity index (χ0v) is 14.2. The maximum Gasteiger partial charge on any atom is 0.254 e. The van der Waals surface area contributed by atoms with Crippen molar-refractivity contribution in [2.45, 2.75) is 26.8 Å². The molecule has 0 aliphatic rings. The molecular formula is C15H23FN2O3S. The van der Waals surface area contributed by atoms with E-state index in [1.165, 1.54) is 28.6 Å². The van der Waals surface area contributed by atoms with Crippen LogP contribution in [0.15, 0.2) is 24.3 Å². The minimum Gasteiger partial charge on any atom is -0.335 e. The van der Waals surface area contributed by atoms with Crippen LogP contribution in [-0.4, -0.2) is 55.5 Å². The minimum absolute atomic E-state index is 0.0872. The molecule has 5 nitrogen and oxygen atoms in total. The maximum atomic E-state index is 12.9. The third-order valence-corrected chi connectivity index (χ3v) is 4.77. The molecule has 124 valence electrons. The molecule has 1 aromatic carbocycles. The largest absolute Gasteiger partial charge is 0.335 e. The number of hydrogen-bond donors (Lipinski definition) is 0. The Morgan fingerprint density at radius 2 is 1.73 bits per heavy atom. The Morgan fingerprint density at radius 1 is 1.18 bits per heavy atom. The summed E-state index contributed by atoms with van der Waals surface area (Å²) in [6.07, 6.45) is 1.15. The fourth-order valence-electron chi connectivity index (χ4n) is 2.13. The van der Waals surface area contributed by atoms with E-state index >= 15 is 0 Å². The summed E-state index contributed by atoms with van der Waals surface area (Å²) in [4.78, 5) is 14.1. The lowest BCUT2D eigenvalue weighted by molar-refractivity contribution is 0.0697. The number of benzene rings is 1. The van der Waals surface area contributed by atoms with Gasteiger partial charge in [0.05, 0.1) is 6.26 Å². The average molecular weight is 330 g/mol. The predicted molar refractivity (Wildman–Crippen MR) is 84.7 cm³/mol. The van der Waals surface area contributed by atoms with Gasteiger partial charge in [-0.15, -0.1) is 0 Å².